The molecule has 5 heteroatoms. The second-order valence-corrected chi connectivity index (χ2v) is 8.00. The van der Waals surface area contributed by atoms with Gasteiger partial charge in [-0.1, -0.05) is 36.4 Å². The van der Waals surface area contributed by atoms with Crippen molar-refractivity contribution < 1.29 is 14.4 Å². The zero-order valence-electron chi connectivity index (χ0n) is 15.7. The molecule has 3 amide bonds. The van der Waals surface area contributed by atoms with E-state index >= 15 is 0 Å². The second kappa shape index (κ2) is 6.30. The summed E-state index contributed by atoms with van der Waals surface area (Å²) in [5.74, 6) is -0.501. The third kappa shape index (κ3) is 2.49. The Morgan fingerprint density at radius 3 is 2.64 bits per heavy atom. The zero-order chi connectivity index (χ0) is 19.3. The Balaban J connectivity index is 1.42. The number of nitrogens with one attached hydrogen (secondary N) is 1. The normalized spacial score (nSPS) is 22.9. The smallest absolute Gasteiger partial charge is 0.319 e. The summed E-state index contributed by atoms with van der Waals surface area (Å²) in [5, 5.41) is 2.91. The molecule has 5 nitrogen and oxygen atoms in total. The Labute approximate surface area is 163 Å². The lowest BCUT2D eigenvalue weighted by atomic mass is 9.76. The molecule has 2 aliphatic carbocycles. The predicted octanol–water partition coefficient (Wildman–Crippen LogP) is 3.14. The zero-order valence-corrected chi connectivity index (χ0v) is 15.7. The van der Waals surface area contributed by atoms with Crippen molar-refractivity contribution in [3.8, 4) is 0 Å². The number of urea groups is 1. The van der Waals surface area contributed by atoms with Gasteiger partial charge in [-0.2, -0.15) is 0 Å². The third-order valence-electron chi connectivity index (χ3n) is 6.37. The quantitative estimate of drug-likeness (QED) is 0.663. The molecule has 0 saturated carbocycles. The van der Waals surface area contributed by atoms with Crippen molar-refractivity contribution in [2.45, 2.75) is 44.1 Å². The highest BCUT2D eigenvalue weighted by molar-refractivity contribution is 6.11. The van der Waals surface area contributed by atoms with Crippen LogP contribution in [0.1, 0.15) is 51.9 Å². The summed E-state index contributed by atoms with van der Waals surface area (Å²) >= 11 is 0. The van der Waals surface area contributed by atoms with Gasteiger partial charge < -0.3 is 5.32 Å². The van der Waals surface area contributed by atoms with Gasteiger partial charge >= 0.3 is 6.03 Å². The summed E-state index contributed by atoms with van der Waals surface area (Å²) < 4.78 is 0. The van der Waals surface area contributed by atoms with E-state index in [4.69, 9.17) is 0 Å². The topological polar surface area (TPSA) is 66.5 Å². The number of carbonyl (C=O) groups is 3. The molecule has 1 aliphatic heterocycles. The van der Waals surface area contributed by atoms with Crippen LogP contribution >= 0.6 is 0 Å². The summed E-state index contributed by atoms with van der Waals surface area (Å²) in [4.78, 5) is 39.9. The number of nitrogens with zero attached hydrogens (tertiary/aromatic N) is 1. The molecule has 1 heterocycles. The van der Waals surface area contributed by atoms with Crippen LogP contribution in [-0.2, 0) is 29.6 Å². The minimum atomic E-state index is -1.02. The molecule has 1 spiro atoms. The van der Waals surface area contributed by atoms with Crippen molar-refractivity contribution in [2.75, 3.05) is 6.54 Å². The molecule has 2 aromatic carbocycles. The molecular formula is C23H22N2O3. The molecule has 0 radical (unpaired) electrons. The van der Waals surface area contributed by atoms with E-state index < -0.39 is 11.6 Å². The molecule has 1 atom stereocenters. The lowest BCUT2D eigenvalue weighted by Crippen LogP contribution is -2.46. The van der Waals surface area contributed by atoms with Crippen LogP contribution in [0.15, 0.2) is 42.5 Å². The van der Waals surface area contributed by atoms with Crippen molar-refractivity contribution in [3.63, 3.8) is 0 Å². The van der Waals surface area contributed by atoms with Crippen molar-refractivity contribution in [2.24, 2.45) is 0 Å². The van der Waals surface area contributed by atoms with Crippen LogP contribution in [0.5, 0.6) is 0 Å². The van der Waals surface area contributed by atoms with Gasteiger partial charge in [-0.05, 0) is 66.8 Å². The van der Waals surface area contributed by atoms with Gasteiger partial charge in [0.05, 0.1) is 6.54 Å². The first-order chi connectivity index (χ1) is 13.6. The second-order valence-electron chi connectivity index (χ2n) is 8.00. The van der Waals surface area contributed by atoms with E-state index in [1.807, 2.05) is 42.5 Å². The van der Waals surface area contributed by atoms with Gasteiger partial charge in [0, 0.05) is 5.56 Å². The fourth-order valence-corrected chi connectivity index (χ4v) is 4.94. The summed E-state index contributed by atoms with van der Waals surface area (Å²) in [7, 11) is 0. The van der Waals surface area contributed by atoms with Crippen molar-refractivity contribution >= 4 is 17.7 Å². The van der Waals surface area contributed by atoms with Crippen LogP contribution in [0.4, 0.5) is 4.79 Å². The van der Waals surface area contributed by atoms with Crippen LogP contribution in [-0.4, -0.2) is 29.2 Å². The number of benzene rings is 2. The molecule has 28 heavy (non-hydrogen) atoms. The number of Topliss-reactive ketones (excluding diaryl/α,β-unsaturated/α-hetero) is 1. The number of aryl methyl sites for hydroxylation is 3. The van der Waals surface area contributed by atoms with Crippen LogP contribution < -0.4 is 5.32 Å². The first-order valence-electron chi connectivity index (χ1n) is 9.96. The van der Waals surface area contributed by atoms with E-state index in [1.165, 1.54) is 11.1 Å². The van der Waals surface area contributed by atoms with E-state index in [2.05, 4.69) is 5.32 Å². The molecular weight excluding hydrogens is 352 g/mol. The molecule has 1 N–H and O–H groups in total. The Kier molecular flexibility index (Phi) is 3.86. The number of ketones is 1. The first-order valence-corrected chi connectivity index (χ1v) is 9.96. The highest BCUT2D eigenvalue weighted by atomic mass is 16.2. The number of carbonyl (C=O) groups excluding carboxylic acids is 3. The number of hydrogen-bond donors (Lipinski definition) is 1. The van der Waals surface area contributed by atoms with Gasteiger partial charge in [0.15, 0.2) is 5.78 Å². The van der Waals surface area contributed by atoms with E-state index in [0.29, 0.717) is 12.0 Å². The fraction of sp³-hybridized carbons (Fsp3) is 0.348. The summed E-state index contributed by atoms with van der Waals surface area (Å²) in [6.45, 7) is -0.215. The Bertz CT molecular complexity index is 1010. The minimum absolute atomic E-state index is 0.195. The Hall–Kier alpha value is -2.95. The molecule has 0 unspecified atom stereocenters. The highest BCUT2D eigenvalue weighted by Gasteiger charge is 2.54. The minimum Gasteiger partial charge on any atom is -0.319 e. The molecule has 1 fully saturated rings. The maximum absolute atomic E-state index is 13.3. The van der Waals surface area contributed by atoms with Crippen molar-refractivity contribution in [3.05, 3.63) is 70.3 Å². The number of fused-ring (bicyclic) bond motifs is 3. The van der Waals surface area contributed by atoms with E-state index in [0.717, 1.165) is 48.1 Å². The average molecular weight is 374 g/mol. The largest absolute Gasteiger partial charge is 0.325 e. The van der Waals surface area contributed by atoms with Crippen LogP contribution in [0.2, 0.25) is 0 Å². The molecule has 1 saturated heterocycles. The van der Waals surface area contributed by atoms with Crippen LogP contribution in [0.3, 0.4) is 0 Å². The fourth-order valence-electron chi connectivity index (χ4n) is 4.94. The molecule has 2 aromatic rings. The van der Waals surface area contributed by atoms with Crippen molar-refractivity contribution in [1.82, 2.24) is 10.2 Å². The average Bonchev–Trinajstić information content (AvgIpc) is 3.27. The predicted molar refractivity (Wildman–Crippen MR) is 104 cm³/mol. The monoisotopic (exact) mass is 374 g/mol. The standard InChI is InChI=1S/C23H22N2O3/c26-20(18-11-10-15-6-3-7-17(15)13-18)14-25-21(27)23(24-22(25)28)12-4-8-16-5-1-2-9-19(16)23/h1-2,5,9-11,13H,3-4,6-8,12,14H2,(H,24,28)/t23-/m1/s1. The van der Waals surface area contributed by atoms with Crippen LogP contribution in [0, 0.1) is 0 Å². The lowest BCUT2D eigenvalue weighted by Gasteiger charge is -2.33. The first kappa shape index (κ1) is 17.2. The van der Waals surface area contributed by atoms with Gasteiger partial charge in [0.25, 0.3) is 5.91 Å². The van der Waals surface area contributed by atoms with Crippen molar-refractivity contribution in [1.29, 1.82) is 0 Å². The van der Waals surface area contributed by atoms with Gasteiger partial charge in [-0.25, -0.2) is 4.79 Å². The summed E-state index contributed by atoms with van der Waals surface area (Å²) in [6.07, 6.45) is 5.45. The Morgan fingerprint density at radius 1 is 0.964 bits per heavy atom. The summed E-state index contributed by atoms with van der Waals surface area (Å²) in [6, 6.07) is 13.0. The Morgan fingerprint density at radius 2 is 1.75 bits per heavy atom. The van der Waals surface area contributed by atoms with E-state index in [-0.39, 0.29) is 18.2 Å². The van der Waals surface area contributed by atoms with E-state index in [9.17, 15) is 14.4 Å². The lowest BCUT2D eigenvalue weighted by molar-refractivity contribution is -0.131. The molecule has 0 aromatic heterocycles. The molecule has 3 aliphatic rings. The summed E-state index contributed by atoms with van der Waals surface area (Å²) in [5.41, 5.74) is 4.02. The third-order valence-corrected chi connectivity index (χ3v) is 6.37. The highest BCUT2D eigenvalue weighted by Crippen LogP contribution is 2.39. The number of rotatable bonds is 3. The van der Waals surface area contributed by atoms with E-state index in [1.54, 1.807) is 0 Å². The van der Waals surface area contributed by atoms with Gasteiger partial charge in [-0.3, -0.25) is 14.5 Å². The number of hydrogen-bond acceptors (Lipinski definition) is 3. The molecule has 0 bridgehead atoms. The maximum atomic E-state index is 13.3. The maximum Gasteiger partial charge on any atom is 0.325 e. The molecule has 142 valence electrons. The van der Waals surface area contributed by atoms with Gasteiger partial charge in [-0.15, -0.1) is 0 Å². The van der Waals surface area contributed by atoms with Crippen LogP contribution in [0.25, 0.3) is 0 Å². The molecule has 5 rings (SSSR count). The number of amides is 3. The van der Waals surface area contributed by atoms with Gasteiger partial charge in [0.2, 0.25) is 0 Å². The SMILES string of the molecule is O=C(CN1C(=O)N[C@@]2(CCCc3ccccc32)C1=O)c1ccc2c(c1)CCC2. The van der Waals surface area contributed by atoms with Gasteiger partial charge in [0.1, 0.15) is 5.54 Å². The number of imide groups is 1.